The molecule has 0 radical (unpaired) electrons. The van der Waals surface area contributed by atoms with E-state index >= 15 is 0 Å². The molecule has 0 saturated carbocycles. The minimum absolute atomic E-state index is 0.305. The van der Waals surface area contributed by atoms with E-state index in [2.05, 4.69) is 66.8 Å². The van der Waals surface area contributed by atoms with Crippen molar-refractivity contribution in [3.8, 4) is 0 Å². The third-order valence-electron chi connectivity index (χ3n) is 5.35. The maximum absolute atomic E-state index is 6.25. The summed E-state index contributed by atoms with van der Waals surface area (Å²) >= 11 is 0. The molecule has 0 rings (SSSR count). The Labute approximate surface area is 141 Å². The van der Waals surface area contributed by atoms with Crippen LogP contribution in [0.1, 0.15) is 54.4 Å². The molecule has 4 heteroatoms. The van der Waals surface area contributed by atoms with Gasteiger partial charge in [-0.15, -0.1) is 0 Å². The lowest BCUT2D eigenvalue weighted by Gasteiger charge is -2.36. The van der Waals surface area contributed by atoms with Crippen molar-refractivity contribution in [3.05, 3.63) is 12.2 Å². The zero-order chi connectivity index (χ0) is 17.3. The zero-order valence-corrected chi connectivity index (χ0v) is 18.4. The van der Waals surface area contributed by atoms with Gasteiger partial charge in [-0.05, 0) is 49.1 Å². The summed E-state index contributed by atoms with van der Waals surface area (Å²) in [5.41, 5.74) is 0. The van der Waals surface area contributed by atoms with Crippen molar-refractivity contribution >= 4 is 16.6 Å². The smallest absolute Gasteiger partial charge is 0.191 e. The van der Waals surface area contributed by atoms with Crippen LogP contribution in [-0.2, 0) is 8.85 Å². The quantitative estimate of drug-likeness (QED) is 0.246. The van der Waals surface area contributed by atoms with Gasteiger partial charge in [0.25, 0.3) is 0 Å². The molecule has 0 aromatic carbocycles. The highest BCUT2D eigenvalue weighted by Gasteiger charge is 2.36. The van der Waals surface area contributed by atoms with Crippen molar-refractivity contribution in [2.75, 3.05) is 13.2 Å². The average Bonchev–Trinajstić information content (AvgIpc) is 2.45. The topological polar surface area (TPSA) is 18.5 Å². The standard InChI is InChI=1S/C18H40O2Si2/c1-9-22(10-2,11-3)20-17-15-13-12-14-16-19-21(7,8)18(4,5)6/h12-13H,9-11,14-17H2,1-8H3/b13-12+. The normalized spacial score (nSPS) is 14.0. The molecule has 2 nitrogen and oxygen atoms in total. The first kappa shape index (κ1) is 22.1. The summed E-state index contributed by atoms with van der Waals surface area (Å²) in [6.45, 7) is 20.1. The van der Waals surface area contributed by atoms with E-state index in [-0.39, 0.29) is 0 Å². The van der Waals surface area contributed by atoms with Gasteiger partial charge in [0, 0.05) is 13.2 Å². The van der Waals surface area contributed by atoms with Crippen LogP contribution >= 0.6 is 0 Å². The molecule has 0 amide bonds. The van der Waals surface area contributed by atoms with Crippen molar-refractivity contribution in [1.29, 1.82) is 0 Å². The molecule has 0 unspecified atom stereocenters. The van der Waals surface area contributed by atoms with E-state index < -0.39 is 16.6 Å². The van der Waals surface area contributed by atoms with E-state index in [4.69, 9.17) is 8.85 Å². The Morgan fingerprint density at radius 1 is 0.773 bits per heavy atom. The van der Waals surface area contributed by atoms with Gasteiger partial charge in [0.05, 0.1) is 0 Å². The molecule has 0 bridgehead atoms. The van der Waals surface area contributed by atoms with Crippen LogP contribution in [-0.4, -0.2) is 29.8 Å². The van der Waals surface area contributed by atoms with Crippen LogP contribution < -0.4 is 0 Å². The van der Waals surface area contributed by atoms with Gasteiger partial charge < -0.3 is 8.85 Å². The first-order valence-corrected chi connectivity index (χ1v) is 14.5. The summed E-state index contributed by atoms with van der Waals surface area (Å²) in [6.07, 6.45) is 6.57. The monoisotopic (exact) mass is 344 g/mol. The molecule has 0 fully saturated rings. The second-order valence-corrected chi connectivity index (χ2v) is 17.3. The molecular formula is C18H40O2Si2. The fourth-order valence-electron chi connectivity index (χ4n) is 2.23. The molecule has 0 atom stereocenters. The first-order valence-electron chi connectivity index (χ1n) is 9.07. The molecule has 0 aliphatic rings. The van der Waals surface area contributed by atoms with Crippen molar-refractivity contribution in [2.45, 2.75) is 90.6 Å². The fourth-order valence-corrected chi connectivity index (χ4v) is 5.96. The highest BCUT2D eigenvalue weighted by Crippen LogP contribution is 2.36. The van der Waals surface area contributed by atoms with Crippen molar-refractivity contribution in [3.63, 3.8) is 0 Å². The Morgan fingerprint density at radius 2 is 1.18 bits per heavy atom. The van der Waals surface area contributed by atoms with Crippen LogP contribution in [0.5, 0.6) is 0 Å². The third-order valence-corrected chi connectivity index (χ3v) is 14.6. The molecule has 0 spiro atoms. The predicted octanol–water partition coefficient (Wildman–Crippen LogP) is 6.37. The summed E-state index contributed by atoms with van der Waals surface area (Å²) in [4.78, 5) is 0. The fraction of sp³-hybridized carbons (Fsp3) is 0.889. The van der Waals surface area contributed by atoms with Crippen LogP contribution in [0.25, 0.3) is 0 Å². The lowest BCUT2D eigenvalue weighted by atomic mass is 10.2. The van der Waals surface area contributed by atoms with E-state index in [1.165, 1.54) is 18.1 Å². The summed E-state index contributed by atoms with van der Waals surface area (Å²) in [5.74, 6) is 0. The second kappa shape index (κ2) is 10.1. The van der Waals surface area contributed by atoms with Crippen molar-refractivity contribution < 1.29 is 8.85 Å². The van der Waals surface area contributed by atoms with Gasteiger partial charge >= 0.3 is 0 Å². The number of rotatable bonds is 11. The summed E-state index contributed by atoms with van der Waals surface area (Å²) in [5, 5.41) is 0.305. The molecule has 0 aromatic rings. The van der Waals surface area contributed by atoms with Gasteiger partial charge in [-0.25, -0.2) is 0 Å². The number of hydrogen-bond acceptors (Lipinski definition) is 2. The zero-order valence-electron chi connectivity index (χ0n) is 16.4. The molecule has 0 heterocycles. The molecule has 0 aromatic heterocycles. The second-order valence-electron chi connectivity index (χ2n) is 7.75. The third kappa shape index (κ3) is 7.58. The summed E-state index contributed by atoms with van der Waals surface area (Å²) in [6, 6.07) is 3.72. The summed E-state index contributed by atoms with van der Waals surface area (Å²) in [7, 11) is -2.96. The Bertz CT molecular complexity index is 297. The van der Waals surface area contributed by atoms with Crippen LogP contribution in [0.4, 0.5) is 0 Å². The molecule has 0 N–H and O–H groups in total. The Hall–Kier alpha value is 0.0938. The lowest BCUT2D eigenvalue weighted by molar-refractivity contribution is 0.293. The highest BCUT2D eigenvalue weighted by atomic mass is 28.4. The molecular weight excluding hydrogens is 304 g/mol. The highest BCUT2D eigenvalue weighted by molar-refractivity contribution is 6.74. The van der Waals surface area contributed by atoms with E-state index in [0.717, 1.165) is 26.1 Å². The van der Waals surface area contributed by atoms with E-state index in [9.17, 15) is 0 Å². The van der Waals surface area contributed by atoms with Crippen LogP contribution in [0.3, 0.4) is 0 Å². The van der Waals surface area contributed by atoms with Crippen molar-refractivity contribution in [2.24, 2.45) is 0 Å². The molecule has 22 heavy (non-hydrogen) atoms. The SMILES string of the molecule is CC[Si](CC)(CC)OCC/C=C/CCO[Si](C)(C)C(C)(C)C. The van der Waals surface area contributed by atoms with Crippen LogP contribution in [0.2, 0.25) is 36.3 Å². The van der Waals surface area contributed by atoms with Gasteiger partial charge in [-0.3, -0.25) is 0 Å². The van der Waals surface area contributed by atoms with E-state index in [0.29, 0.717) is 5.04 Å². The van der Waals surface area contributed by atoms with Crippen molar-refractivity contribution in [1.82, 2.24) is 0 Å². The maximum Gasteiger partial charge on any atom is 0.191 e. The summed E-state index contributed by atoms with van der Waals surface area (Å²) < 4.78 is 12.4. The predicted molar refractivity (Wildman–Crippen MR) is 105 cm³/mol. The van der Waals surface area contributed by atoms with Gasteiger partial charge in [0.15, 0.2) is 16.6 Å². The van der Waals surface area contributed by atoms with Gasteiger partial charge in [-0.2, -0.15) is 0 Å². The maximum atomic E-state index is 6.25. The molecule has 132 valence electrons. The Morgan fingerprint density at radius 3 is 1.55 bits per heavy atom. The number of hydrogen-bond donors (Lipinski definition) is 0. The van der Waals surface area contributed by atoms with Gasteiger partial charge in [0.1, 0.15) is 0 Å². The van der Waals surface area contributed by atoms with Gasteiger partial charge in [-0.1, -0.05) is 53.7 Å². The largest absolute Gasteiger partial charge is 0.417 e. The first-order chi connectivity index (χ1) is 10.1. The minimum Gasteiger partial charge on any atom is -0.417 e. The minimum atomic E-state index is -1.57. The lowest BCUT2D eigenvalue weighted by Crippen LogP contribution is -2.40. The Balaban J connectivity index is 3.90. The molecule has 0 aliphatic heterocycles. The van der Waals surface area contributed by atoms with Gasteiger partial charge in [0.2, 0.25) is 0 Å². The Kier molecular flexibility index (Phi) is 10.1. The average molecular weight is 345 g/mol. The van der Waals surface area contributed by atoms with E-state index in [1.54, 1.807) is 0 Å². The van der Waals surface area contributed by atoms with Crippen LogP contribution in [0.15, 0.2) is 12.2 Å². The van der Waals surface area contributed by atoms with E-state index in [1.807, 2.05) is 0 Å². The molecule has 0 saturated heterocycles. The van der Waals surface area contributed by atoms with Crippen LogP contribution in [0, 0.1) is 0 Å². The molecule has 0 aliphatic carbocycles.